The van der Waals surface area contributed by atoms with Crippen molar-refractivity contribution < 1.29 is 0 Å². The molecule has 0 aromatic heterocycles. The molecule has 0 aliphatic rings. The van der Waals surface area contributed by atoms with Gasteiger partial charge in [-0.1, -0.05) is 20.4 Å². The van der Waals surface area contributed by atoms with Gasteiger partial charge in [0.15, 0.2) is 0 Å². The van der Waals surface area contributed by atoms with Crippen molar-refractivity contribution in [3.63, 3.8) is 0 Å². The molecule has 11 heavy (non-hydrogen) atoms. The Morgan fingerprint density at radius 1 is 1.36 bits per heavy atom. The molecule has 0 bridgehead atoms. The first-order chi connectivity index (χ1) is 5.16. The van der Waals surface area contributed by atoms with Gasteiger partial charge in [-0.3, -0.25) is 0 Å². The first-order valence-electron chi connectivity index (χ1n) is 4.02. The third-order valence-corrected chi connectivity index (χ3v) is 1.38. The van der Waals surface area contributed by atoms with Gasteiger partial charge in [0.25, 0.3) is 0 Å². The van der Waals surface area contributed by atoms with Crippen molar-refractivity contribution in [2.24, 2.45) is 5.92 Å². The zero-order valence-corrected chi connectivity index (χ0v) is 8.11. The third-order valence-electron chi connectivity index (χ3n) is 1.38. The molecule has 0 atom stereocenters. The van der Waals surface area contributed by atoms with Gasteiger partial charge in [-0.2, -0.15) is 0 Å². The zero-order chi connectivity index (χ0) is 9.28. The minimum Gasteiger partial charge on any atom is -0.392 e. The highest BCUT2D eigenvalue weighted by Gasteiger charge is 1.93. The molecule has 0 rings (SSSR count). The SMILES string of the molecule is C=C.C=C(CCC(C)C)NC. The van der Waals surface area contributed by atoms with E-state index < -0.39 is 0 Å². The van der Waals surface area contributed by atoms with Crippen LogP contribution in [0.3, 0.4) is 0 Å². The Balaban J connectivity index is 0. The highest BCUT2D eigenvalue weighted by molar-refractivity contribution is 4.88. The largest absolute Gasteiger partial charge is 0.392 e. The molecule has 66 valence electrons. The highest BCUT2D eigenvalue weighted by atomic mass is 14.8. The maximum absolute atomic E-state index is 3.83. The van der Waals surface area contributed by atoms with Gasteiger partial charge in [0.1, 0.15) is 0 Å². The van der Waals surface area contributed by atoms with E-state index in [0.29, 0.717) is 0 Å². The number of hydrogen-bond donors (Lipinski definition) is 1. The average molecular weight is 155 g/mol. The zero-order valence-electron chi connectivity index (χ0n) is 8.11. The second kappa shape index (κ2) is 9.28. The van der Waals surface area contributed by atoms with Gasteiger partial charge >= 0.3 is 0 Å². The molecule has 0 saturated carbocycles. The first-order valence-corrected chi connectivity index (χ1v) is 4.02. The molecule has 0 unspecified atom stereocenters. The van der Waals surface area contributed by atoms with Crippen LogP contribution in [0.25, 0.3) is 0 Å². The second-order valence-electron chi connectivity index (χ2n) is 2.79. The Bertz CT molecular complexity index is 95.0. The van der Waals surface area contributed by atoms with Crippen molar-refractivity contribution in [2.75, 3.05) is 7.05 Å². The van der Waals surface area contributed by atoms with Crippen molar-refractivity contribution in [3.05, 3.63) is 25.4 Å². The van der Waals surface area contributed by atoms with E-state index >= 15 is 0 Å². The van der Waals surface area contributed by atoms with Crippen LogP contribution in [0.2, 0.25) is 0 Å². The first kappa shape index (κ1) is 12.9. The molecule has 0 radical (unpaired) electrons. The van der Waals surface area contributed by atoms with E-state index in [-0.39, 0.29) is 0 Å². The molecule has 0 aliphatic carbocycles. The fourth-order valence-corrected chi connectivity index (χ4v) is 0.588. The lowest BCUT2D eigenvalue weighted by molar-refractivity contribution is 0.575. The Morgan fingerprint density at radius 2 is 1.82 bits per heavy atom. The summed E-state index contributed by atoms with van der Waals surface area (Å²) < 4.78 is 0. The minimum absolute atomic E-state index is 0.787. The van der Waals surface area contributed by atoms with E-state index in [4.69, 9.17) is 0 Å². The van der Waals surface area contributed by atoms with Crippen LogP contribution in [0.15, 0.2) is 25.4 Å². The molecule has 0 aromatic carbocycles. The molecule has 0 aliphatic heterocycles. The van der Waals surface area contributed by atoms with Crippen molar-refractivity contribution in [1.82, 2.24) is 5.32 Å². The highest BCUT2D eigenvalue weighted by Crippen LogP contribution is 2.06. The summed E-state index contributed by atoms with van der Waals surface area (Å²) in [5.74, 6) is 0.787. The average Bonchev–Trinajstić information content (AvgIpc) is 2.04. The number of allylic oxidation sites excluding steroid dienone is 1. The summed E-state index contributed by atoms with van der Waals surface area (Å²) in [5.41, 5.74) is 1.14. The number of nitrogens with one attached hydrogen (secondary N) is 1. The van der Waals surface area contributed by atoms with Crippen LogP contribution in [-0.2, 0) is 0 Å². The van der Waals surface area contributed by atoms with Gasteiger partial charge in [-0.05, 0) is 18.8 Å². The Morgan fingerprint density at radius 3 is 2.09 bits per heavy atom. The summed E-state index contributed by atoms with van der Waals surface area (Å²) in [4.78, 5) is 0. The number of rotatable bonds is 4. The topological polar surface area (TPSA) is 12.0 Å². The molecular formula is C10H21N. The summed E-state index contributed by atoms with van der Waals surface area (Å²) >= 11 is 0. The van der Waals surface area contributed by atoms with Crippen LogP contribution in [0.5, 0.6) is 0 Å². The lowest BCUT2D eigenvalue weighted by Gasteiger charge is -2.05. The van der Waals surface area contributed by atoms with E-state index in [0.717, 1.165) is 18.0 Å². The Labute approximate surface area is 71.2 Å². The van der Waals surface area contributed by atoms with Crippen LogP contribution < -0.4 is 5.32 Å². The summed E-state index contributed by atoms with van der Waals surface area (Å²) in [6.07, 6.45) is 2.34. The molecule has 0 saturated heterocycles. The maximum Gasteiger partial charge on any atom is 0.00311 e. The molecule has 1 N–H and O–H groups in total. The third kappa shape index (κ3) is 12.5. The number of hydrogen-bond acceptors (Lipinski definition) is 1. The van der Waals surface area contributed by atoms with Crippen molar-refractivity contribution >= 4 is 0 Å². The molecule has 1 heteroatoms. The van der Waals surface area contributed by atoms with Crippen molar-refractivity contribution in [3.8, 4) is 0 Å². The fraction of sp³-hybridized carbons (Fsp3) is 0.600. The van der Waals surface area contributed by atoms with Crippen LogP contribution in [0.4, 0.5) is 0 Å². The predicted octanol–water partition coefficient (Wildman–Crippen LogP) is 2.96. The van der Waals surface area contributed by atoms with Crippen LogP contribution in [-0.4, -0.2) is 7.05 Å². The maximum atomic E-state index is 3.83. The van der Waals surface area contributed by atoms with E-state index in [9.17, 15) is 0 Å². The normalized spacial score (nSPS) is 8.36. The molecular weight excluding hydrogens is 134 g/mol. The smallest absolute Gasteiger partial charge is 0.00311 e. The lowest BCUT2D eigenvalue weighted by Crippen LogP contribution is -2.04. The van der Waals surface area contributed by atoms with E-state index in [1.165, 1.54) is 6.42 Å². The van der Waals surface area contributed by atoms with E-state index in [1.54, 1.807) is 0 Å². The molecule has 0 amide bonds. The van der Waals surface area contributed by atoms with Crippen LogP contribution in [0, 0.1) is 5.92 Å². The van der Waals surface area contributed by atoms with Gasteiger partial charge in [-0.25, -0.2) is 0 Å². The van der Waals surface area contributed by atoms with Gasteiger partial charge in [0.2, 0.25) is 0 Å². The molecule has 0 fully saturated rings. The second-order valence-corrected chi connectivity index (χ2v) is 2.79. The van der Waals surface area contributed by atoms with Gasteiger partial charge in [0, 0.05) is 12.7 Å². The van der Waals surface area contributed by atoms with Gasteiger partial charge in [-0.15, -0.1) is 13.2 Å². The van der Waals surface area contributed by atoms with E-state index in [2.05, 4.69) is 38.9 Å². The summed E-state index contributed by atoms with van der Waals surface area (Å²) in [6.45, 7) is 14.3. The quantitative estimate of drug-likeness (QED) is 0.615. The van der Waals surface area contributed by atoms with Gasteiger partial charge < -0.3 is 5.32 Å². The standard InChI is InChI=1S/C8H17N.C2H4/c1-7(2)5-6-8(3)9-4;1-2/h7,9H,3,5-6H2,1-2,4H3;1-2H2. The van der Waals surface area contributed by atoms with E-state index in [1.807, 2.05) is 7.05 Å². The summed E-state index contributed by atoms with van der Waals surface area (Å²) in [7, 11) is 1.92. The monoisotopic (exact) mass is 155 g/mol. The van der Waals surface area contributed by atoms with Crippen molar-refractivity contribution in [2.45, 2.75) is 26.7 Å². The Hall–Kier alpha value is -0.720. The van der Waals surface area contributed by atoms with Crippen LogP contribution in [0.1, 0.15) is 26.7 Å². The predicted molar refractivity (Wildman–Crippen MR) is 53.5 cm³/mol. The van der Waals surface area contributed by atoms with Gasteiger partial charge in [0.05, 0.1) is 0 Å². The fourth-order valence-electron chi connectivity index (χ4n) is 0.588. The summed E-state index contributed by atoms with van der Waals surface area (Å²) in [5, 5.41) is 3.03. The molecule has 0 heterocycles. The Kier molecular flexibility index (Phi) is 10.9. The van der Waals surface area contributed by atoms with Crippen molar-refractivity contribution in [1.29, 1.82) is 0 Å². The minimum atomic E-state index is 0.787. The molecule has 0 spiro atoms. The lowest BCUT2D eigenvalue weighted by atomic mass is 10.1. The molecule has 1 nitrogen and oxygen atoms in total. The van der Waals surface area contributed by atoms with Crippen LogP contribution >= 0.6 is 0 Å². The molecule has 0 aromatic rings. The summed E-state index contributed by atoms with van der Waals surface area (Å²) in [6, 6.07) is 0.